The lowest BCUT2D eigenvalue weighted by Gasteiger charge is -2.32. The van der Waals surface area contributed by atoms with Crippen molar-refractivity contribution in [1.29, 1.82) is 0 Å². The van der Waals surface area contributed by atoms with Gasteiger partial charge in [0.05, 0.1) is 6.10 Å². The standard InChI is InChI=1S/C14H21N3O2/c1-3-19-12-5-4-8-17(10-12)14(18)13-9-11(15-2)6-7-16-13/h6-7,9,12H,3-5,8,10H2,1-2H3,(H,15,16). The van der Waals surface area contributed by atoms with E-state index in [1.807, 2.05) is 24.9 Å². The molecule has 1 atom stereocenters. The number of piperidine rings is 1. The number of carbonyl (C=O) groups excluding carboxylic acids is 1. The molecule has 19 heavy (non-hydrogen) atoms. The summed E-state index contributed by atoms with van der Waals surface area (Å²) in [5, 5.41) is 3.02. The molecule has 2 rings (SSSR count). The van der Waals surface area contributed by atoms with Crippen molar-refractivity contribution in [3.05, 3.63) is 24.0 Å². The van der Waals surface area contributed by atoms with Gasteiger partial charge in [0.25, 0.3) is 5.91 Å². The molecule has 104 valence electrons. The molecule has 1 aliphatic heterocycles. The van der Waals surface area contributed by atoms with E-state index in [9.17, 15) is 4.79 Å². The van der Waals surface area contributed by atoms with Gasteiger partial charge in [-0.25, -0.2) is 0 Å². The quantitative estimate of drug-likeness (QED) is 0.899. The van der Waals surface area contributed by atoms with Crippen LogP contribution in [0.15, 0.2) is 18.3 Å². The van der Waals surface area contributed by atoms with Crippen molar-refractivity contribution >= 4 is 11.6 Å². The van der Waals surface area contributed by atoms with Crippen molar-refractivity contribution in [3.63, 3.8) is 0 Å². The third-order valence-corrected chi connectivity index (χ3v) is 3.34. The molecule has 1 amide bonds. The van der Waals surface area contributed by atoms with Crippen molar-refractivity contribution in [2.75, 3.05) is 32.1 Å². The van der Waals surface area contributed by atoms with E-state index >= 15 is 0 Å². The average molecular weight is 263 g/mol. The molecule has 1 unspecified atom stereocenters. The topological polar surface area (TPSA) is 54.5 Å². The molecule has 2 heterocycles. The molecule has 1 saturated heterocycles. The van der Waals surface area contributed by atoms with Gasteiger partial charge in [0.2, 0.25) is 0 Å². The van der Waals surface area contributed by atoms with Gasteiger partial charge in [-0.15, -0.1) is 0 Å². The van der Waals surface area contributed by atoms with Crippen LogP contribution < -0.4 is 5.32 Å². The van der Waals surface area contributed by atoms with Crippen LogP contribution in [0.4, 0.5) is 5.69 Å². The molecule has 0 saturated carbocycles. The molecule has 0 radical (unpaired) electrons. The van der Waals surface area contributed by atoms with Gasteiger partial charge in [-0.2, -0.15) is 0 Å². The number of ether oxygens (including phenoxy) is 1. The summed E-state index contributed by atoms with van der Waals surface area (Å²) in [5.41, 5.74) is 1.39. The number of likely N-dealkylation sites (tertiary alicyclic amines) is 1. The number of rotatable bonds is 4. The van der Waals surface area contributed by atoms with Crippen LogP contribution in [0.5, 0.6) is 0 Å². The van der Waals surface area contributed by atoms with Crippen LogP contribution in [0.25, 0.3) is 0 Å². The van der Waals surface area contributed by atoms with E-state index < -0.39 is 0 Å². The van der Waals surface area contributed by atoms with Crippen molar-refractivity contribution in [3.8, 4) is 0 Å². The van der Waals surface area contributed by atoms with Crippen molar-refractivity contribution in [2.24, 2.45) is 0 Å². The maximum Gasteiger partial charge on any atom is 0.272 e. The number of nitrogens with zero attached hydrogens (tertiary/aromatic N) is 2. The summed E-state index contributed by atoms with van der Waals surface area (Å²) in [6.07, 6.45) is 3.84. The van der Waals surface area contributed by atoms with Gasteiger partial charge >= 0.3 is 0 Å². The smallest absolute Gasteiger partial charge is 0.272 e. The maximum atomic E-state index is 12.4. The Hall–Kier alpha value is -1.62. The number of hydrogen-bond acceptors (Lipinski definition) is 4. The Labute approximate surface area is 114 Å². The molecule has 1 aliphatic rings. The van der Waals surface area contributed by atoms with E-state index in [2.05, 4.69) is 10.3 Å². The molecule has 5 nitrogen and oxygen atoms in total. The largest absolute Gasteiger partial charge is 0.388 e. The van der Waals surface area contributed by atoms with Crippen LogP contribution >= 0.6 is 0 Å². The summed E-state index contributed by atoms with van der Waals surface area (Å²) in [4.78, 5) is 18.4. The van der Waals surface area contributed by atoms with Gasteiger partial charge in [-0.3, -0.25) is 9.78 Å². The highest BCUT2D eigenvalue weighted by molar-refractivity contribution is 5.93. The van der Waals surface area contributed by atoms with Gasteiger partial charge < -0.3 is 15.0 Å². The first-order valence-corrected chi connectivity index (χ1v) is 6.79. The Morgan fingerprint density at radius 3 is 3.21 bits per heavy atom. The normalized spacial score (nSPS) is 19.3. The molecule has 1 fully saturated rings. The fraction of sp³-hybridized carbons (Fsp3) is 0.571. The Bertz CT molecular complexity index is 434. The molecule has 1 N–H and O–H groups in total. The number of hydrogen-bond donors (Lipinski definition) is 1. The number of carbonyl (C=O) groups is 1. The Kier molecular flexibility index (Phi) is 4.74. The van der Waals surface area contributed by atoms with Gasteiger partial charge in [-0.1, -0.05) is 0 Å². The number of pyridine rings is 1. The lowest BCUT2D eigenvalue weighted by atomic mass is 10.1. The van der Waals surface area contributed by atoms with E-state index in [0.29, 0.717) is 18.8 Å². The van der Waals surface area contributed by atoms with Crippen LogP contribution in [0, 0.1) is 0 Å². The SMILES string of the molecule is CCOC1CCCN(C(=O)c2cc(NC)ccn2)C1. The molecule has 5 heteroatoms. The van der Waals surface area contributed by atoms with E-state index in [1.54, 1.807) is 12.3 Å². The molecule has 0 spiro atoms. The fourth-order valence-electron chi connectivity index (χ4n) is 2.36. The minimum absolute atomic E-state index is 0.0125. The molecule has 0 aliphatic carbocycles. The van der Waals surface area contributed by atoms with E-state index in [0.717, 1.165) is 25.1 Å². The predicted octanol–water partition coefficient (Wildman–Crippen LogP) is 1.76. The first-order valence-electron chi connectivity index (χ1n) is 6.79. The van der Waals surface area contributed by atoms with Gasteiger partial charge in [0.15, 0.2) is 0 Å². The van der Waals surface area contributed by atoms with Gasteiger partial charge in [0.1, 0.15) is 5.69 Å². The van der Waals surface area contributed by atoms with Crippen molar-refractivity contribution in [2.45, 2.75) is 25.9 Å². The van der Waals surface area contributed by atoms with Crippen LogP contribution in [0.1, 0.15) is 30.3 Å². The molecular weight excluding hydrogens is 242 g/mol. The summed E-state index contributed by atoms with van der Waals surface area (Å²) in [5.74, 6) is -0.0125. The highest BCUT2D eigenvalue weighted by Crippen LogP contribution is 2.16. The molecule has 1 aromatic heterocycles. The van der Waals surface area contributed by atoms with Crippen LogP contribution in [0.2, 0.25) is 0 Å². The monoisotopic (exact) mass is 263 g/mol. The zero-order valence-corrected chi connectivity index (χ0v) is 11.6. The van der Waals surface area contributed by atoms with Crippen LogP contribution in [0.3, 0.4) is 0 Å². The minimum Gasteiger partial charge on any atom is -0.388 e. The molecular formula is C14H21N3O2. The van der Waals surface area contributed by atoms with E-state index in [1.165, 1.54) is 0 Å². The number of anilines is 1. The maximum absolute atomic E-state index is 12.4. The number of nitrogens with one attached hydrogen (secondary N) is 1. The van der Waals surface area contributed by atoms with E-state index in [-0.39, 0.29) is 12.0 Å². The summed E-state index contributed by atoms with van der Waals surface area (Å²) in [6.45, 7) is 4.13. The number of amides is 1. The van der Waals surface area contributed by atoms with E-state index in [4.69, 9.17) is 4.74 Å². The fourth-order valence-corrected chi connectivity index (χ4v) is 2.36. The third kappa shape index (κ3) is 3.44. The van der Waals surface area contributed by atoms with Gasteiger partial charge in [-0.05, 0) is 31.9 Å². The molecule has 0 aromatic carbocycles. The third-order valence-electron chi connectivity index (χ3n) is 3.34. The van der Waals surface area contributed by atoms with Crippen LogP contribution in [-0.2, 0) is 4.74 Å². The lowest BCUT2D eigenvalue weighted by Crippen LogP contribution is -2.43. The summed E-state index contributed by atoms with van der Waals surface area (Å²) in [6, 6.07) is 3.63. The Morgan fingerprint density at radius 1 is 1.63 bits per heavy atom. The summed E-state index contributed by atoms with van der Waals surface area (Å²) < 4.78 is 5.62. The molecule has 1 aromatic rings. The minimum atomic E-state index is -0.0125. The average Bonchev–Trinajstić information content (AvgIpc) is 2.47. The zero-order chi connectivity index (χ0) is 13.7. The Morgan fingerprint density at radius 2 is 2.47 bits per heavy atom. The second-order valence-electron chi connectivity index (χ2n) is 4.65. The zero-order valence-electron chi connectivity index (χ0n) is 11.6. The highest BCUT2D eigenvalue weighted by Gasteiger charge is 2.25. The summed E-state index contributed by atoms with van der Waals surface area (Å²) >= 11 is 0. The number of aromatic nitrogens is 1. The highest BCUT2D eigenvalue weighted by atomic mass is 16.5. The Balaban J connectivity index is 2.05. The van der Waals surface area contributed by atoms with Crippen molar-refractivity contribution < 1.29 is 9.53 Å². The predicted molar refractivity (Wildman–Crippen MR) is 74.3 cm³/mol. The molecule has 0 bridgehead atoms. The summed E-state index contributed by atoms with van der Waals surface area (Å²) in [7, 11) is 1.83. The van der Waals surface area contributed by atoms with Crippen molar-refractivity contribution in [1.82, 2.24) is 9.88 Å². The first-order chi connectivity index (χ1) is 9.24. The van der Waals surface area contributed by atoms with Crippen LogP contribution in [-0.4, -0.2) is 48.6 Å². The lowest BCUT2D eigenvalue weighted by molar-refractivity contribution is 0.00704. The second-order valence-corrected chi connectivity index (χ2v) is 4.65. The van der Waals surface area contributed by atoms with Gasteiger partial charge in [0, 0.05) is 38.6 Å². The first kappa shape index (κ1) is 13.8. The second kappa shape index (κ2) is 6.52.